The SMILES string of the molecule is CCNCC.NNC(=O)NN. The lowest BCUT2D eigenvalue weighted by Gasteiger charge is -1.90. The van der Waals surface area contributed by atoms with Crippen molar-refractivity contribution in [2.45, 2.75) is 13.8 Å². The van der Waals surface area contributed by atoms with Crippen LogP contribution in [-0.4, -0.2) is 19.1 Å². The molecule has 0 spiro atoms. The predicted octanol–water partition coefficient (Wildman–Crippen LogP) is -1.35. The number of nitrogens with two attached hydrogens (primary N) is 2. The molecule has 0 heterocycles. The zero-order valence-corrected chi connectivity index (χ0v) is 6.98. The van der Waals surface area contributed by atoms with Crippen LogP contribution in [-0.2, 0) is 0 Å². The van der Waals surface area contributed by atoms with Gasteiger partial charge in [0.1, 0.15) is 0 Å². The normalized spacial score (nSPS) is 7.64. The molecule has 0 saturated carbocycles. The maximum Gasteiger partial charge on any atom is 0.343 e. The second kappa shape index (κ2) is 11.9. The second-order valence-corrected chi connectivity index (χ2v) is 1.57. The Morgan fingerprint density at radius 1 is 1.18 bits per heavy atom. The largest absolute Gasteiger partial charge is 0.343 e. The fourth-order valence-corrected chi connectivity index (χ4v) is 0.292. The summed E-state index contributed by atoms with van der Waals surface area (Å²) in [6.07, 6.45) is 0. The van der Waals surface area contributed by atoms with Crippen molar-refractivity contribution in [2.24, 2.45) is 11.7 Å². The minimum Gasteiger partial charge on any atom is -0.317 e. The van der Waals surface area contributed by atoms with E-state index in [1.54, 1.807) is 10.9 Å². The van der Waals surface area contributed by atoms with Gasteiger partial charge in [-0.1, -0.05) is 13.8 Å². The molecule has 2 amide bonds. The Hall–Kier alpha value is -0.850. The van der Waals surface area contributed by atoms with Crippen molar-refractivity contribution in [3.05, 3.63) is 0 Å². The van der Waals surface area contributed by atoms with E-state index in [0.717, 1.165) is 13.1 Å². The molecular weight excluding hydrogens is 146 g/mol. The zero-order valence-electron chi connectivity index (χ0n) is 6.98. The van der Waals surface area contributed by atoms with Gasteiger partial charge in [-0.25, -0.2) is 16.5 Å². The van der Waals surface area contributed by atoms with Crippen LogP contribution in [0, 0.1) is 0 Å². The number of rotatable bonds is 2. The van der Waals surface area contributed by atoms with Crippen molar-refractivity contribution < 1.29 is 4.79 Å². The van der Waals surface area contributed by atoms with E-state index in [1.165, 1.54) is 0 Å². The molecule has 0 atom stereocenters. The number of urea groups is 1. The number of hydrazine groups is 2. The van der Waals surface area contributed by atoms with Gasteiger partial charge in [0, 0.05) is 0 Å². The van der Waals surface area contributed by atoms with Gasteiger partial charge >= 0.3 is 6.03 Å². The summed E-state index contributed by atoms with van der Waals surface area (Å²) in [7, 11) is 0. The van der Waals surface area contributed by atoms with Crippen LogP contribution in [0.4, 0.5) is 4.79 Å². The molecular formula is C5H17N5O. The molecule has 6 nitrogen and oxygen atoms in total. The van der Waals surface area contributed by atoms with Gasteiger partial charge in [-0.15, -0.1) is 0 Å². The lowest BCUT2D eigenvalue weighted by Crippen LogP contribution is -2.43. The van der Waals surface area contributed by atoms with Crippen LogP contribution in [0.3, 0.4) is 0 Å². The van der Waals surface area contributed by atoms with Crippen molar-refractivity contribution >= 4 is 6.03 Å². The van der Waals surface area contributed by atoms with E-state index < -0.39 is 6.03 Å². The number of carbonyl (C=O) groups is 1. The van der Waals surface area contributed by atoms with Crippen LogP contribution >= 0.6 is 0 Å². The Balaban J connectivity index is 0. The summed E-state index contributed by atoms with van der Waals surface area (Å²) in [4.78, 5) is 9.71. The van der Waals surface area contributed by atoms with Crippen LogP contribution in [0.5, 0.6) is 0 Å². The highest BCUT2D eigenvalue weighted by molar-refractivity contribution is 5.72. The quantitative estimate of drug-likeness (QED) is 0.197. The van der Waals surface area contributed by atoms with E-state index in [2.05, 4.69) is 30.8 Å². The monoisotopic (exact) mass is 163 g/mol. The number of hydrogen-bond donors (Lipinski definition) is 5. The van der Waals surface area contributed by atoms with Gasteiger partial charge in [0.05, 0.1) is 0 Å². The number of carbonyl (C=O) groups excluding carboxylic acids is 1. The van der Waals surface area contributed by atoms with E-state index in [1.807, 2.05) is 0 Å². The van der Waals surface area contributed by atoms with Crippen molar-refractivity contribution in [2.75, 3.05) is 13.1 Å². The van der Waals surface area contributed by atoms with E-state index in [-0.39, 0.29) is 0 Å². The molecule has 0 aliphatic rings. The smallest absolute Gasteiger partial charge is 0.317 e. The number of hydrogen-bond acceptors (Lipinski definition) is 4. The second-order valence-electron chi connectivity index (χ2n) is 1.57. The molecule has 0 saturated heterocycles. The van der Waals surface area contributed by atoms with Gasteiger partial charge in [0.15, 0.2) is 0 Å². The summed E-state index contributed by atoms with van der Waals surface area (Å²) < 4.78 is 0. The molecule has 11 heavy (non-hydrogen) atoms. The molecule has 0 aromatic carbocycles. The third-order valence-corrected chi connectivity index (χ3v) is 0.762. The van der Waals surface area contributed by atoms with Crippen LogP contribution in [0.1, 0.15) is 13.8 Å². The fourth-order valence-electron chi connectivity index (χ4n) is 0.292. The number of nitrogens with one attached hydrogen (secondary N) is 3. The van der Waals surface area contributed by atoms with Gasteiger partial charge in [-0.05, 0) is 13.1 Å². The first-order valence-corrected chi connectivity index (χ1v) is 3.40. The molecule has 6 heteroatoms. The molecule has 0 unspecified atom stereocenters. The lowest BCUT2D eigenvalue weighted by molar-refractivity contribution is 0.241. The highest BCUT2D eigenvalue weighted by Gasteiger charge is 1.83. The molecule has 0 aliphatic heterocycles. The van der Waals surface area contributed by atoms with Crippen molar-refractivity contribution in [3.8, 4) is 0 Å². The average molecular weight is 163 g/mol. The van der Waals surface area contributed by atoms with E-state index in [4.69, 9.17) is 0 Å². The Labute approximate surface area is 66.6 Å². The van der Waals surface area contributed by atoms with Gasteiger partial charge in [0.2, 0.25) is 0 Å². The van der Waals surface area contributed by atoms with Gasteiger partial charge in [0.25, 0.3) is 0 Å². The first kappa shape index (κ1) is 12.8. The molecule has 0 aromatic heterocycles. The van der Waals surface area contributed by atoms with E-state index in [0.29, 0.717) is 0 Å². The zero-order chi connectivity index (χ0) is 9.11. The standard InChI is InChI=1S/C4H11N.CH6N4O/c1-3-5-4-2;2-4-1(6)5-3/h5H,3-4H2,1-2H3;2-3H2,(H2,4,5,6). The maximum atomic E-state index is 9.71. The predicted molar refractivity (Wildman–Crippen MR) is 44.3 cm³/mol. The molecule has 0 rings (SSSR count). The molecule has 68 valence electrons. The van der Waals surface area contributed by atoms with Gasteiger partial charge in [-0.3, -0.25) is 10.9 Å². The fraction of sp³-hybridized carbons (Fsp3) is 0.800. The van der Waals surface area contributed by atoms with Crippen molar-refractivity contribution in [1.29, 1.82) is 0 Å². The van der Waals surface area contributed by atoms with E-state index in [9.17, 15) is 4.79 Å². The highest BCUT2D eigenvalue weighted by Crippen LogP contribution is 1.47. The molecule has 0 aromatic rings. The van der Waals surface area contributed by atoms with Gasteiger partial charge < -0.3 is 5.32 Å². The summed E-state index contributed by atoms with van der Waals surface area (Å²) in [6, 6.07) is -0.602. The third-order valence-electron chi connectivity index (χ3n) is 0.762. The molecule has 0 radical (unpaired) electrons. The third kappa shape index (κ3) is 17.6. The topological polar surface area (TPSA) is 105 Å². The summed E-state index contributed by atoms with van der Waals surface area (Å²) in [6.45, 7) is 6.39. The highest BCUT2D eigenvalue weighted by atomic mass is 16.2. The molecule has 0 bridgehead atoms. The van der Waals surface area contributed by atoms with Gasteiger partial charge in [-0.2, -0.15) is 0 Å². The summed E-state index contributed by atoms with van der Waals surface area (Å²) >= 11 is 0. The van der Waals surface area contributed by atoms with Crippen LogP contribution in [0.15, 0.2) is 0 Å². The van der Waals surface area contributed by atoms with Crippen LogP contribution in [0.2, 0.25) is 0 Å². The molecule has 0 aliphatic carbocycles. The minimum atomic E-state index is -0.602. The first-order chi connectivity index (χ1) is 5.22. The summed E-state index contributed by atoms with van der Waals surface area (Å²) in [5.41, 5.74) is 3.48. The lowest BCUT2D eigenvalue weighted by atomic mass is 10.7. The summed E-state index contributed by atoms with van der Waals surface area (Å²) in [5.74, 6) is 9.08. The average Bonchev–Trinajstić information content (AvgIpc) is 2.06. The van der Waals surface area contributed by atoms with Crippen LogP contribution in [0.25, 0.3) is 0 Å². The summed E-state index contributed by atoms with van der Waals surface area (Å²) in [5, 5.41) is 3.11. The van der Waals surface area contributed by atoms with Crippen molar-refractivity contribution in [3.63, 3.8) is 0 Å². The molecule has 7 N–H and O–H groups in total. The maximum absolute atomic E-state index is 9.71. The Morgan fingerprint density at radius 3 is 1.55 bits per heavy atom. The number of amides is 2. The van der Waals surface area contributed by atoms with Crippen LogP contribution < -0.4 is 27.9 Å². The van der Waals surface area contributed by atoms with E-state index >= 15 is 0 Å². The Morgan fingerprint density at radius 2 is 1.55 bits per heavy atom. The molecule has 0 fully saturated rings. The minimum absolute atomic E-state index is 0.602. The van der Waals surface area contributed by atoms with Crippen molar-refractivity contribution in [1.82, 2.24) is 16.2 Å². The Bertz CT molecular complexity index is 78.9. The Kier molecular flexibility index (Phi) is 13.8. The first-order valence-electron chi connectivity index (χ1n) is 3.40.